The maximum atomic E-state index is 12.3. The number of aromatic amines is 1. The minimum absolute atomic E-state index is 0.178. The summed E-state index contributed by atoms with van der Waals surface area (Å²) in [6.07, 6.45) is -3.65. The van der Waals surface area contributed by atoms with Gasteiger partial charge in [0.15, 0.2) is 0 Å². The van der Waals surface area contributed by atoms with Gasteiger partial charge in [0.05, 0.1) is 11.9 Å². The van der Waals surface area contributed by atoms with E-state index in [1.807, 2.05) is 0 Å². The van der Waals surface area contributed by atoms with Gasteiger partial charge in [0.25, 0.3) is 0 Å². The molecule has 1 heterocycles. The summed E-state index contributed by atoms with van der Waals surface area (Å²) in [5, 5.41) is 5.85. The van der Waals surface area contributed by atoms with Gasteiger partial charge in [0.1, 0.15) is 11.4 Å². The Kier molecular flexibility index (Phi) is 4.62. The van der Waals surface area contributed by atoms with Gasteiger partial charge in [-0.25, -0.2) is 8.42 Å². The van der Waals surface area contributed by atoms with Crippen LogP contribution in [0.3, 0.4) is 0 Å². The first-order valence-electron chi connectivity index (χ1n) is 4.81. The normalized spacial score (nSPS) is 13.2. The van der Waals surface area contributed by atoms with Gasteiger partial charge >= 0.3 is 6.18 Å². The Morgan fingerprint density at radius 2 is 2.11 bits per heavy atom. The van der Waals surface area contributed by atoms with Crippen molar-refractivity contribution in [1.82, 2.24) is 14.5 Å². The maximum Gasteiger partial charge on any atom is 0.402 e. The van der Waals surface area contributed by atoms with Crippen molar-refractivity contribution in [3.05, 3.63) is 11.9 Å². The number of hydrogen-bond acceptors (Lipinski definition) is 3. The number of hydrogen-bond donors (Lipinski definition) is 1. The van der Waals surface area contributed by atoms with Crippen molar-refractivity contribution < 1.29 is 21.6 Å². The fraction of sp³-hybridized carbons (Fsp3) is 0.625. The van der Waals surface area contributed by atoms with E-state index in [1.165, 1.54) is 6.92 Å². The third-order valence-electron chi connectivity index (χ3n) is 2.09. The highest BCUT2D eigenvalue weighted by molar-refractivity contribution is 7.89. The second-order valence-electron chi connectivity index (χ2n) is 3.50. The predicted octanol–water partition coefficient (Wildman–Crippen LogP) is 1.51. The van der Waals surface area contributed by atoms with Gasteiger partial charge in [-0.1, -0.05) is 0 Å². The minimum atomic E-state index is -4.63. The second kappa shape index (κ2) is 5.45. The smallest absolute Gasteiger partial charge is 0.281 e. The van der Waals surface area contributed by atoms with Crippen molar-refractivity contribution in [2.75, 3.05) is 19.0 Å². The Morgan fingerprint density at radius 1 is 1.50 bits per heavy atom. The minimum Gasteiger partial charge on any atom is -0.281 e. The van der Waals surface area contributed by atoms with Crippen LogP contribution in [0, 0.1) is 6.92 Å². The van der Waals surface area contributed by atoms with Gasteiger partial charge in [0, 0.05) is 12.4 Å². The Labute approximate surface area is 107 Å². The number of nitrogens with zero attached hydrogens (tertiary/aromatic N) is 2. The summed E-state index contributed by atoms with van der Waals surface area (Å²) in [6.45, 7) is -0.590. The number of rotatable bonds is 5. The molecule has 0 saturated carbocycles. The van der Waals surface area contributed by atoms with Crippen molar-refractivity contribution in [2.24, 2.45) is 0 Å². The lowest BCUT2D eigenvalue weighted by Crippen LogP contribution is -2.40. The Balaban J connectivity index is 3.09. The molecule has 1 rings (SSSR count). The van der Waals surface area contributed by atoms with Crippen molar-refractivity contribution >= 4 is 21.6 Å². The monoisotopic (exact) mass is 305 g/mol. The summed E-state index contributed by atoms with van der Waals surface area (Å²) in [5.41, 5.74) is 0.178. The molecule has 10 heteroatoms. The zero-order valence-corrected chi connectivity index (χ0v) is 10.9. The van der Waals surface area contributed by atoms with E-state index in [1.54, 1.807) is 0 Å². The molecule has 0 atom stereocenters. The summed E-state index contributed by atoms with van der Waals surface area (Å²) < 4.78 is 61.3. The van der Waals surface area contributed by atoms with Gasteiger partial charge in [-0.2, -0.15) is 22.6 Å². The molecule has 1 aromatic heterocycles. The fourth-order valence-corrected chi connectivity index (χ4v) is 3.17. The van der Waals surface area contributed by atoms with Gasteiger partial charge in [-0.05, 0) is 6.92 Å². The average molecular weight is 306 g/mol. The van der Waals surface area contributed by atoms with E-state index in [0.717, 1.165) is 6.20 Å². The zero-order chi connectivity index (χ0) is 14.0. The summed E-state index contributed by atoms with van der Waals surface area (Å²) in [5.74, 6) is -0.230. The molecule has 18 heavy (non-hydrogen) atoms. The molecule has 0 spiro atoms. The quantitative estimate of drug-likeness (QED) is 0.839. The van der Waals surface area contributed by atoms with Gasteiger partial charge in [-0.15, -0.1) is 11.6 Å². The topological polar surface area (TPSA) is 66.1 Å². The summed E-state index contributed by atoms with van der Waals surface area (Å²) in [4.78, 5) is -0.281. The molecule has 0 radical (unpaired) electrons. The molecule has 0 saturated heterocycles. The van der Waals surface area contributed by atoms with Crippen LogP contribution in [0.5, 0.6) is 0 Å². The van der Waals surface area contributed by atoms with Crippen LogP contribution >= 0.6 is 11.6 Å². The van der Waals surface area contributed by atoms with E-state index >= 15 is 0 Å². The number of H-pyrrole nitrogens is 1. The molecule has 104 valence electrons. The summed E-state index contributed by atoms with van der Waals surface area (Å²) in [7, 11) is -4.25. The van der Waals surface area contributed by atoms with E-state index in [4.69, 9.17) is 11.6 Å². The lowest BCUT2D eigenvalue weighted by atomic mass is 10.5. The van der Waals surface area contributed by atoms with E-state index in [0.29, 0.717) is 0 Å². The lowest BCUT2D eigenvalue weighted by Gasteiger charge is -2.22. The van der Waals surface area contributed by atoms with E-state index in [-0.39, 0.29) is 20.8 Å². The first-order valence-corrected chi connectivity index (χ1v) is 6.79. The molecule has 0 aliphatic rings. The lowest BCUT2D eigenvalue weighted by molar-refractivity contribution is -0.135. The highest BCUT2D eigenvalue weighted by atomic mass is 35.5. The molecule has 0 aliphatic heterocycles. The third-order valence-corrected chi connectivity index (χ3v) is 4.22. The molecular formula is C8H11ClF3N3O2S. The van der Waals surface area contributed by atoms with Crippen LogP contribution < -0.4 is 0 Å². The van der Waals surface area contributed by atoms with E-state index in [9.17, 15) is 21.6 Å². The maximum absolute atomic E-state index is 12.3. The van der Waals surface area contributed by atoms with Crippen LogP contribution in [0.1, 0.15) is 5.69 Å². The Hall–Kier alpha value is -0.800. The average Bonchev–Trinajstić information content (AvgIpc) is 2.62. The number of aryl methyl sites for hydroxylation is 1. The SMILES string of the molecule is Cc1[nH]ncc1S(=O)(=O)N(CCCl)CC(F)(F)F. The molecule has 0 fully saturated rings. The van der Waals surface area contributed by atoms with Crippen LogP contribution in [0.4, 0.5) is 13.2 Å². The first-order chi connectivity index (χ1) is 8.18. The Bertz CT molecular complexity index is 500. The summed E-state index contributed by atoms with van der Waals surface area (Å²) >= 11 is 5.34. The first kappa shape index (κ1) is 15.3. The van der Waals surface area contributed by atoms with E-state index < -0.39 is 29.3 Å². The fourth-order valence-electron chi connectivity index (χ4n) is 1.32. The van der Waals surface area contributed by atoms with Crippen LogP contribution in [-0.2, 0) is 10.0 Å². The molecule has 0 aromatic carbocycles. The van der Waals surface area contributed by atoms with Crippen LogP contribution in [0.2, 0.25) is 0 Å². The molecule has 0 aliphatic carbocycles. The van der Waals surface area contributed by atoms with Gasteiger partial charge < -0.3 is 0 Å². The van der Waals surface area contributed by atoms with Crippen LogP contribution in [0.15, 0.2) is 11.1 Å². The molecular weight excluding hydrogens is 295 g/mol. The number of halogens is 4. The standard InChI is InChI=1S/C8H11ClF3N3O2S/c1-6-7(4-13-14-6)18(16,17)15(3-2-9)5-8(10,11)12/h4H,2-3,5H2,1H3,(H,13,14). The zero-order valence-electron chi connectivity index (χ0n) is 9.33. The number of nitrogens with one attached hydrogen (secondary N) is 1. The van der Waals surface area contributed by atoms with Crippen LogP contribution in [0.25, 0.3) is 0 Å². The van der Waals surface area contributed by atoms with Crippen molar-refractivity contribution in [2.45, 2.75) is 18.0 Å². The molecule has 1 N–H and O–H groups in total. The number of alkyl halides is 4. The largest absolute Gasteiger partial charge is 0.402 e. The Morgan fingerprint density at radius 3 is 2.50 bits per heavy atom. The van der Waals surface area contributed by atoms with Gasteiger partial charge in [-0.3, -0.25) is 5.10 Å². The molecule has 0 amide bonds. The summed E-state index contributed by atoms with van der Waals surface area (Å²) in [6, 6.07) is 0. The second-order valence-corrected chi connectivity index (χ2v) is 5.79. The third kappa shape index (κ3) is 3.59. The number of sulfonamides is 1. The van der Waals surface area contributed by atoms with Crippen molar-refractivity contribution in [3.8, 4) is 0 Å². The van der Waals surface area contributed by atoms with Crippen molar-refractivity contribution in [1.29, 1.82) is 0 Å². The number of aromatic nitrogens is 2. The molecule has 5 nitrogen and oxygen atoms in total. The van der Waals surface area contributed by atoms with Gasteiger partial charge in [0.2, 0.25) is 10.0 Å². The highest BCUT2D eigenvalue weighted by Crippen LogP contribution is 2.23. The predicted molar refractivity (Wildman–Crippen MR) is 58.9 cm³/mol. The van der Waals surface area contributed by atoms with Crippen LogP contribution in [-0.4, -0.2) is 48.1 Å². The molecule has 0 unspecified atom stereocenters. The molecule has 1 aromatic rings. The molecule has 0 bridgehead atoms. The van der Waals surface area contributed by atoms with E-state index in [2.05, 4.69) is 10.2 Å². The highest BCUT2D eigenvalue weighted by Gasteiger charge is 2.37. The van der Waals surface area contributed by atoms with Crippen molar-refractivity contribution in [3.63, 3.8) is 0 Å².